The van der Waals surface area contributed by atoms with E-state index in [-0.39, 0.29) is 0 Å². The van der Waals surface area contributed by atoms with Crippen LogP contribution in [0, 0.1) is 5.92 Å². The first kappa shape index (κ1) is 14.1. The van der Waals surface area contributed by atoms with Crippen LogP contribution in [-0.2, 0) is 0 Å². The van der Waals surface area contributed by atoms with E-state index in [4.69, 9.17) is 0 Å². The first-order valence-corrected chi connectivity index (χ1v) is 7.65. The minimum Gasteiger partial charge on any atom is -0.381 e. The topological polar surface area (TPSA) is 46.0 Å². The van der Waals surface area contributed by atoms with Gasteiger partial charge in [0, 0.05) is 12.6 Å². The van der Waals surface area contributed by atoms with Gasteiger partial charge in [0.25, 0.3) is 0 Å². The summed E-state index contributed by atoms with van der Waals surface area (Å²) in [6.07, 6.45) is 6.16. The van der Waals surface area contributed by atoms with Gasteiger partial charge in [0.2, 0.25) is 0 Å². The van der Waals surface area contributed by atoms with Gasteiger partial charge in [0.05, 0.1) is 23.8 Å². The SMILES string of the molecule is CC(Nc1ccccc1-n1ccnn1)C1CCCN(C)C1. The number of nitrogens with zero attached hydrogens (tertiary/aromatic N) is 4. The molecule has 1 aliphatic rings. The monoisotopic (exact) mass is 285 g/mol. The predicted molar refractivity (Wildman–Crippen MR) is 84.7 cm³/mol. The molecule has 2 heterocycles. The van der Waals surface area contributed by atoms with Crippen LogP contribution in [0.3, 0.4) is 0 Å². The molecule has 1 aliphatic heterocycles. The molecule has 1 fully saturated rings. The van der Waals surface area contributed by atoms with Gasteiger partial charge < -0.3 is 10.2 Å². The highest BCUT2D eigenvalue weighted by Crippen LogP contribution is 2.25. The van der Waals surface area contributed by atoms with Crippen molar-refractivity contribution in [1.29, 1.82) is 0 Å². The van der Waals surface area contributed by atoms with Crippen LogP contribution >= 0.6 is 0 Å². The smallest absolute Gasteiger partial charge is 0.0894 e. The number of rotatable bonds is 4. The number of nitrogens with one attached hydrogen (secondary N) is 1. The maximum Gasteiger partial charge on any atom is 0.0894 e. The zero-order valence-electron chi connectivity index (χ0n) is 12.7. The number of benzene rings is 1. The van der Waals surface area contributed by atoms with Crippen LogP contribution in [0.15, 0.2) is 36.7 Å². The average Bonchev–Trinajstić information content (AvgIpc) is 3.02. The van der Waals surface area contributed by atoms with E-state index in [2.05, 4.69) is 52.7 Å². The third kappa shape index (κ3) is 3.24. The summed E-state index contributed by atoms with van der Waals surface area (Å²) in [5.41, 5.74) is 2.16. The minimum absolute atomic E-state index is 0.442. The zero-order chi connectivity index (χ0) is 14.7. The number of likely N-dealkylation sites (tertiary alicyclic amines) is 1. The van der Waals surface area contributed by atoms with E-state index in [0.717, 1.165) is 11.4 Å². The van der Waals surface area contributed by atoms with Crippen molar-refractivity contribution in [2.45, 2.75) is 25.8 Å². The summed E-state index contributed by atoms with van der Waals surface area (Å²) in [6, 6.07) is 8.71. The molecule has 21 heavy (non-hydrogen) atoms. The average molecular weight is 285 g/mol. The summed E-state index contributed by atoms with van der Waals surface area (Å²) in [4.78, 5) is 2.43. The van der Waals surface area contributed by atoms with Crippen molar-refractivity contribution in [3.8, 4) is 5.69 Å². The Hall–Kier alpha value is -1.88. The standard InChI is InChI=1S/C16H23N5/c1-13(14-6-5-10-20(2)12-14)18-15-7-3-4-8-16(15)21-11-9-17-19-21/h3-4,7-9,11,13-14,18H,5-6,10,12H2,1-2H3. The Morgan fingerprint density at radius 3 is 2.95 bits per heavy atom. The van der Waals surface area contributed by atoms with Gasteiger partial charge in [0.15, 0.2) is 0 Å². The van der Waals surface area contributed by atoms with Crippen LogP contribution < -0.4 is 5.32 Å². The maximum atomic E-state index is 4.10. The van der Waals surface area contributed by atoms with E-state index in [9.17, 15) is 0 Å². The summed E-state index contributed by atoms with van der Waals surface area (Å²) >= 11 is 0. The Morgan fingerprint density at radius 2 is 2.19 bits per heavy atom. The molecule has 3 rings (SSSR count). The molecule has 0 spiro atoms. The molecule has 2 unspecified atom stereocenters. The molecule has 0 amide bonds. The Balaban J connectivity index is 1.75. The van der Waals surface area contributed by atoms with Crippen molar-refractivity contribution < 1.29 is 0 Å². The fourth-order valence-electron chi connectivity index (χ4n) is 3.11. The molecular weight excluding hydrogens is 262 g/mol. The van der Waals surface area contributed by atoms with Crippen LogP contribution in [-0.4, -0.2) is 46.1 Å². The lowest BCUT2D eigenvalue weighted by atomic mass is 9.91. The first-order chi connectivity index (χ1) is 10.2. The van der Waals surface area contributed by atoms with Crippen LogP contribution in [0.1, 0.15) is 19.8 Å². The Labute approximate surface area is 126 Å². The van der Waals surface area contributed by atoms with Crippen LogP contribution in [0.25, 0.3) is 5.69 Å². The Morgan fingerprint density at radius 1 is 1.33 bits per heavy atom. The Kier molecular flexibility index (Phi) is 4.20. The number of hydrogen-bond donors (Lipinski definition) is 1. The van der Waals surface area contributed by atoms with E-state index in [1.54, 1.807) is 6.20 Å². The number of para-hydroxylation sites is 2. The molecule has 2 aromatic rings. The molecule has 0 saturated carbocycles. The third-order valence-electron chi connectivity index (χ3n) is 4.32. The third-order valence-corrected chi connectivity index (χ3v) is 4.32. The van der Waals surface area contributed by atoms with E-state index in [1.165, 1.54) is 25.9 Å². The van der Waals surface area contributed by atoms with Crippen molar-refractivity contribution in [3.05, 3.63) is 36.7 Å². The summed E-state index contributed by atoms with van der Waals surface area (Å²) < 4.78 is 1.81. The van der Waals surface area contributed by atoms with Crippen molar-refractivity contribution >= 4 is 5.69 Å². The number of piperidine rings is 1. The van der Waals surface area contributed by atoms with Gasteiger partial charge in [-0.2, -0.15) is 0 Å². The molecule has 112 valence electrons. The van der Waals surface area contributed by atoms with Gasteiger partial charge >= 0.3 is 0 Å². The van der Waals surface area contributed by atoms with E-state index < -0.39 is 0 Å². The summed E-state index contributed by atoms with van der Waals surface area (Å²) in [7, 11) is 2.21. The molecule has 1 aromatic carbocycles. The molecule has 5 heteroatoms. The maximum absolute atomic E-state index is 4.10. The fourth-order valence-corrected chi connectivity index (χ4v) is 3.11. The molecular formula is C16H23N5. The normalized spacial score (nSPS) is 21.1. The van der Waals surface area contributed by atoms with Gasteiger partial charge in [0.1, 0.15) is 0 Å². The zero-order valence-corrected chi connectivity index (χ0v) is 12.7. The second-order valence-electron chi connectivity index (χ2n) is 5.96. The number of hydrogen-bond acceptors (Lipinski definition) is 4. The van der Waals surface area contributed by atoms with Gasteiger partial charge in [-0.1, -0.05) is 17.3 Å². The van der Waals surface area contributed by atoms with E-state index >= 15 is 0 Å². The van der Waals surface area contributed by atoms with Crippen molar-refractivity contribution in [1.82, 2.24) is 19.9 Å². The van der Waals surface area contributed by atoms with Crippen LogP contribution in [0.4, 0.5) is 5.69 Å². The Bertz CT molecular complexity index is 566. The van der Waals surface area contributed by atoms with Crippen molar-refractivity contribution in [2.75, 3.05) is 25.5 Å². The van der Waals surface area contributed by atoms with Gasteiger partial charge in [-0.05, 0) is 51.4 Å². The highest BCUT2D eigenvalue weighted by Gasteiger charge is 2.23. The molecule has 1 aromatic heterocycles. The molecule has 2 atom stereocenters. The van der Waals surface area contributed by atoms with Crippen LogP contribution in [0.2, 0.25) is 0 Å². The number of aromatic nitrogens is 3. The largest absolute Gasteiger partial charge is 0.381 e. The molecule has 1 N–H and O–H groups in total. The highest BCUT2D eigenvalue weighted by atomic mass is 15.4. The van der Waals surface area contributed by atoms with Crippen LogP contribution in [0.5, 0.6) is 0 Å². The minimum atomic E-state index is 0.442. The van der Waals surface area contributed by atoms with Gasteiger partial charge in [-0.25, -0.2) is 4.68 Å². The predicted octanol–water partition coefficient (Wildman–Crippen LogP) is 2.41. The molecule has 5 nitrogen and oxygen atoms in total. The van der Waals surface area contributed by atoms with Crippen molar-refractivity contribution in [2.24, 2.45) is 5.92 Å². The molecule has 0 radical (unpaired) electrons. The molecule has 1 saturated heterocycles. The molecule has 0 bridgehead atoms. The van der Waals surface area contributed by atoms with Gasteiger partial charge in [-0.15, -0.1) is 5.10 Å². The fraction of sp³-hybridized carbons (Fsp3) is 0.500. The number of anilines is 1. The van der Waals surface area contributed by atoms with Crippen molar-refractivity contribution in [3.63, 3.8) is 0 Å². The molecule has 0 aliphatic carbocycles. The lowest BCUT2D eigenvalue weighted by Gasteiger charge is -2.34. The van der Waals surface area contributed by atoms with E-state index in [1.807, 2.05) is 16.9 Å². The lowest BCUT2D eigenvalue weighted by molar-refractivity contribution is 0.197. The summed E-state index contributed by atoms with van der Waals surface area (Å²) in [5, 5.41) is 11.7. The quantitative estimate of drug-likeness (QED) is 0.937. The summed E-state index contributed by atoms with van der Waals surface area (Å²) in [6.45, 7) is 4.67. The summed E-state index contributed by atoms with van der Waals surface area (Å²) in [5.74, 6) is 0.688. The lowest BCUT2D eigenvalue weighted by Crippen LogP contribution is -2.40. The second kappa shape index (κ2) is 6.26. The first-order valence-electron chi connectivity index (χ1n) is 7.65. The second-order valence-corrected chi connectivity index (χ2v) is 5.96. The van der Waals surface area contributed by atoms with E-state index in [0.29, 0.717) is 12.0 Å². The highest BCUT2D eigenvalue weighted by molar-refractivity contribution is 5.60. The van der Waals surface area contributed by atoms with Gasteiger partial charge in [-0.3, -0.25) is 0 Å².